The number of rotatable bonds is 7. The van der Waals surface area contributed by atoms with E-state index >= 15 is 0 Å². The number of nitrogens with zero attached hydrogens (tertiary/aromatic N) is 1. The number of H-pyrrole nitrogens is 1. The fourth-order valence-corrected chi connectivity index (χ4v) is 4.94. The normalized spacial score (nSPS) is 14.9. The van der Waals surface area contributed by atoms with Crippen LogP contribution in [0.5, 0.6) is 17.2 Å². The van der Waals surface area contributed by atoms with E-state index in [0.29, 0.717) is 39.3 Å². The second-order valence-corrected chi connectivity index (χ2v) is 8.54. The Morgan fingerprint density at radius 1 is 1.03 bits per heavy atom. The number of amides is 1. The first-order valence-electron chi connectivity index (χ1n) is 10.4. The molecular formula is C24H25N3O5S. The highest BCUT2D eigenvalue weighted by atomic mass is 32.2. The lowest BCUT2D eigenvalue weighted by Crippen LogP contribution is -2.31. The maximum absolute atomic E-state index is 13.2. The van der Waals surface area contributed by atoms with Crippen molar-refractivity contribution < 1.29 is 19.0 Å². The van der Waals surface area contributed by atoms with Gasteiger partial charge in [-0.2, -0.15) is 0 Å². The van der Waals surface area contributed by atoms with Crippen LogP contribution in [-0.4, -0.2) is 37.2 Å². The molecule has 1 aliphatic rings. The number of hydrogen-bond donors (Lipinski definition) is 2. The molecule has 2 N–H and O–H groups in total. The molecule has 33 heavy (non-hydrogen) atoms. The Morgan fingerprint density at radius 3 is 2.48 bits per heavy atom. The van der Waals surface area contributed by atoms with Gasteiger partial charge in [0.1, 0.15) is 5.82 Å². The zero-order chi connectivity index (χ0) is 23.5. The van der Waals surface area contributed by atoms with Crippen molar-refractivity contribution in [2.75, 3.05) is 26.6 Å². The van der Waals surface area contributed by atoms with E-state index in [4.69, 9.17) is 14.2 Å². The number of aryl methyl sites for hydroxylation is 1. The first kappa shape index (κ1) is 22.7. The number of thioether (sulfide) groups is 1. The molecule has 1 atom stereocenters. The summed E-state index contributed by atoms with van der Waals surface area (Å²) in [5, 5.41) is 3.21. The van der Waals surface area contributed by atoms with Crippen molar-refractivity contribution >= 4 is 23.5 Å². The number of nitrogens with one attached hydrogen (secondary N) is 2. The molecule has 172 valence electrons. The molecule has 2 aromatic carbocycles. The van der Waals surface area contributed by atoms with Gasteiger partial charge in [0.25, 0.3) is 5.56 Å². The van der Waals surface area contributed by atoms with Crippen molar-refractivity contribution in [2.24, 2.45) is 0 Å². The van der Waals surface area contributed by atoms with Crippen LogP contribution in [0.15, 0.2) is 46.3 Å². The number of benzene rings is 2. The van der Waals surface area contributed by atoms with E-state index in [2.05, 4.69) is 15.3 Å². The van der Waals surface area contributed by atoms with Crippen molar-refractivity contribution in [2.45, 2.75) is 30.2 Å². The minimum Gasteiger partial charge on any atom is -0.493 e. The maximum atomic E-state index is 13.2. The molecule has 3 aromatic rings. The lowest BCUT2D eigenvalue weighted by atomic mass is 9.86. The van der Waals surface area contributed by atoms with Gasteiger partial charge in [0.15, 0.2) is 16.7 Å². The summed E-state index contributed by atoms with van der Waals surface area (Å²) in [6.45, 7) is 2.04. The van der Waals surface area contributed by atoms with Crippen LogP contribution < -0.4 is 25.1 Å². The molecule has 0 fully saturated rings. The van der Waals surface area contributed by atoms with Crippen molar-refractivity contribution in [3.8, 4) is 17.2 Å². The summed E-state index contributed by atoms with van der Waals surface area (Å²) in [7, 11) is 4.56. The molecule has 1 aromatic heterocycles. The van der Waals surface area contributed by atoms with E-state index in [0.717, 1.165) is 5.56 Å². The predicted molar refractivity (Wildman–Crippen MR) is 127 cm³/mol. The highest BCUT2D eigenvalue weighted by molar-refractivity contribution is 7.98. The Bertz CT molecular complexity index is 1260. The van der Waals surface area contributed by atoms with Crippen molar-refractivity contribution in [1.82, 2.24) is 9.97 Å². The number of aromatic amines is 1. The Labute approximate surface area is 195 Å². The van der Waals surface area contributed by atoms with Crippen LogP contribution in [0.25, 0.3) is 0 Å². The predicted octanol–water partition coefficient (Wildman–Crippen LogP) is 3.87. The highest BCUT2D eigenvalue weighted by Crippen LogP contribution is 2.46. The molecule has 8 nitrogen and oxygen atoms in total. The van der Waals surface area contributed by atoms with E-state index in [1.54, 1.807) is 12.1 Å². The molecule has 0 saturated heterocycles. The SMILES string of the molecule is COc1ccc(C2CC(=O)Nc3nc(SCc4ccccc4C)[nH]c(=O)c32)c(OC)c1OC. The van der Waals surface area contributed by atoms with Gasteiger partial charge in [0.05, 0.1) is 26.9 Å². The van der Waals surface area contributed by atoms with Gasteiger partial charge >= 0.3 is 0 Å². The van der Waals surface area contributed by atoms with E-state index < -0.39 is 5.92 Å². The second-order valence-electron chi connectivity index (χ2n) is 7.58. The molecule has 1 unspecified atom stereocenters. The molecule has 0 radical (unpaired) electrons. The van der Waals surface area contributed by atoms with Crippen LogP contribution >= 0.6 is 11.8 Å². The molecule has 9 heteroatoms. The number of aromatic nitrogens is 2. The zero-order valence-electron chi connectivity index (χ0n) is 18.9. The number of ether oxygens (including phenoxy) is 3. The third-order valence-electron chi connectivity index (χ3n) is 5.67. The maximum Gasteiger partial charge on any atom is 0.257 e. The first-order chi connectivity index (χ1) is 16.0. The summed E-state index contributed by atoms with van der Waals surface area (Å²) < 4.78 is 16.4. The number of anilines is 1. The summed E-state index contributed by atoms with van der Waals surface area (Å²) in [4.78, 5) is 33.2. The monoisotopic (exact) mass is 467 g/mol. The van der Waals surface area contributed by atoms with E-state index in [9.17, 15) is 9.59 Å². The largest absolute Gasteiger partial charge is 0.493 e. The van der Waals surface area contributed by atoms with Gasteiger partial charge in [-0.15, -0.1) is 0 Å². The summed E-state index contributed by atoms with van der Waals surface area (Å²) in [5.41, 5.74) is 3.06. The summed E-state index contributed by atoms with van der Waals surface area (Å²) in [6.07, 6.45) is 0.0826. The Hall–Kier alpha value is -3.46. The van der Waals surface area contributed by atoms with Crippen molar-refractivity contribution in [3.05, 3.63) is 69.0 Å². The van der Waals surface area contributed by atoms with Crippen molar-refractivity contribution in [1.29, 1.82) is 0 Å². The molecule has 4 rings (SSSR count). The molecule has 0 spiro atoms. The van der Waals surface area contributed by atoms with Crippen LogP contribution in [0.2, 0.25) is 0 Å². The molecule has 2 heterocycles. The summed E-state index contributed by atoms with van der Waals surface area (Å²) in [6, 6.07) is 11.6. The molecule has 0 saturated carbocycles. The molecule has 1 amide bonds. The fourth-order valence-electron chi connectivity index (χ4n) is 4.00. The number of carbonyl (C=O) groups is 1. The number of hydrogen-bond acceptors (Lipinski definition) is 7. The Kier molecular flexibility index (Phi) is 6.60. The molecule has 1 aliphatic heterocycles. The smallest absolute Gasteiger partial charge is 0.257 e. The van der Waals surface area contributed by atoms with E-state index in [1.165, 1.54) is 38.7 Å². The highest BCUT2D eigenvalue weighted by Gasteiger charge is 2.34. The molecular weight excluding hydrogens is 442 g/mol. The van der Waals surface area contributed by atoms with Crippen LogP contribution in [-0.2, 0) is 10.5 Å². The number of fused-ring (bicyclic) bond motifs is 1. The standard InChI is InChI=1S/C24H25N3O5S/c1-13-7-5-6-8-14(13)12-33-24-26-22-19(23(29)27-24)16(11-18(28)25-22)15-9-10-17(30-2)21(32-4)20(15)31-3/h5-10,16H,11-12H2,1-4H3,(H2,25,26,27,28,29). The number of carbonyl (C=O) groups excluding carboxylic acids is 1. The summed E-state index contributed by atoms with van der Waals surface area (Å²) >= 11 is 1.41. The molecule has 0 bridgehead atoms. The van der Waals surface area contributed by atoms with Crippen LogP contribution in [0, 0.1) is 6.92 Å². The van der Waals surface area contributed by atoms with Gasteiger partial charge in [-0.3, -0.25) is 9.59 Å². The number of methoxy groups -OCH3 is 3. The minimum atomic E-state index is -0.546. The quantitative estimate of drug-likeness (QED) is 0.402. The second kappa shape index (κ2) is 9.58. The first-order valence-corrected chi connectivity index (χ1v) is 11.4. The third-order valence-corrected chi connectivity index (χ3v) is 6.59. The van der Waals surface area contributed by atoms with Crippen LogP contribution in [0.3, 0.4) is 0 Å². The Balaban J connectivity index is 1.74. The van der Waals surface area contributed by atoms with E-state index in [1.807, 2.05) is 31.2 Å². The fraction of sp³-hybridized carbons (Fsp3) is 0.292. The van der Waals surface area contributed by atoms with Crippen LogP contribution in [0.4, 0.5) is 5.82 Å². The minimum absolute atomic E-state index is 0.0826. The molecule has 0 aliphatic carbocycles. The Morgan fingerprint density at radius 2 is 1.79 bits per heavy atom. The lowest BCUT2D eigenvalue weighted by Gasteiger charge is -2.26. The summed E-state index contributed by atoms with van der Waals surface area (Å²) in [5.74, 6) is 1.46. The topological polar surface area (TPSA) is 103 Å². The average molecular weight is 468 g/mol. The van der Waals surface area contributed by atoms with Crippen LogP contribution in [0.1, 0.15) is 34.6 Å². The van der Waals surface area contributed by atoms with Gasteiger partial charge in [-0.25, -0.2) is 4.98 Å². The van der Waals surface area contributed by atoms with Gasteiger partial charge in [-0.1, -0.05) is 42.1 Å². The van der Waals surface area contributed by atoms with E-state index in [-0.39, 0.29) is 23.7 Å². The van der Waals surface area contributed by atoms with Crippen molar-refractivity contribution in [3.63, 3.8) is 0 Å². The lowest BCUT2D eigenvalue weighted by molar-refractivity contribution is -0.116. The van der Waals surface area contributed by atoms with Gasteiger partial charge in [0, 0.05) is 23.7 Å². The average Bonchev–Trinajstić information content (AvgIpc) is 2.81. The van der Waals surface area contributed by atoms with Gasteiger partial charge in [0.2, 0.25) is 11.7 Å². The zero-order valence-corrected chi connectivity index (χ0v) is 19.7. The third kappa shape index (κ3) is 4.41. The van der Waals surface area contributed by atoms with Gasteiger partial charge < -0.3 is 24.5 Å². The van der Waals surface area contributed by atoms with Gasteiger partial charge in [-0.05, 0) is 24.1 Å².